The monoisotopic (exact) mass is 401 g/mol. The number of carbonyl (C=O) groups excluding carboxylic acids is 1. The predicted molar refractivity (Wildman–Crippen MR) is 95.4 cm³/mol. The molecule has 0 unspecified atom stereocenters. The Morgan fingerprint density at radius 2 is 2.20 bits per heavy atom. The van der Waals surface area contributed by atoms with Gasteiger partial charge in [0.25, 0.3) is 5.91 Å². The summed E-state index contributed by atoms with van der Waals surface area (Å²) in [5, 5.41) is 5.12. The minimum Gasteiger partial charge on any atom is -0.479 e. The summed E-state index contributed by atoms with van der Waals surface area (Å²) in [6.45, 7) is 1.13. The Labute approximate surface area is 152 Å². The maximum absolute atomic E-state index is 12.9. The maximum Gasteiger partial charge on any atom is 0.261 e. The SMILES string of the molecule is COc1nn(C)cc1C(=O)N1CCc2nc3ncc(Br)cc3cc2C1. The van der Waals surface area contributed by atoms with E-state index in [-0.39, 0.29) is 5.91 Å². The zero-order valence-electron chi connectivity index (χ0n) is 13.9. The summed E-state index contributed by atoms with van der Waals surface area (Å²) in [5.74, 6) is 0.270. The van der Waals surface area contributed by atoms with Crippen LogP contribution in [0, 0.1) is 0 Å². The number of methoxy groups -OCH3 is 1. The first kappa shape index (κ1) is 16.0. The van der Waals surface area contributed by atoms with E-state index in [9.17, 15) is 4.79 Å². The highest BCUT2D eigenvalue weighted by atomic mass is 79.9. The van der Waals surface area contributed by atoms with Crippen molar-refractivity contribution in [3.8, 4) is 5.88 Å². The van der Waals surface area contributed by atoms with Gasteiger partial charge < -0.3 is 9.64 Å². The van der Waals surface area contributed by atoms with E-state index in [1.54, 1.807) is 29.0 Å². The number of ether oxygens (including phenoxy) is 1. The van der Waals surface area contributed by atoms with Crippen LogP contribution in [0.5, 0.6) is 5.88 Å². The fourth-order valence-electron chi connectivity index (χ4n) is 3.11. The average Bonchev–Trinajstić information content (AvgIpc) is 2.99. The molecule has 8 heteroatoms. The number of pyridine rings is 2. The minimum absolute atomic E-state index is 0.0805. The molecule has 3 aromatic rings. The first-order valence-electron chi connectivity index (χ1n) is 7.86. The Hall–Kier alpha value is -2.48. The normalized spacial score (nSPS) is 13.8. The van der Waals surface area contributed by atoms with E-state index in [2.05, 4.69) is 37.1 Å². The van der Waals surface area contributed by atoms with Gasteiger partial charge in [0.05, 0.1) is 7.11 Å². The number of hydrogen-bond donors (Lipinski definition) is 0. The van der Waals surface area contributed by atoms with E-state index in [1.165, 1.54) is 7.11 Å². The molecule has 25 heavy (non-hydrogen) atoms. The van der Waals surface area contributed by atoms with Crippen LogP contribution in [0.3, 0.4) is 0 Å². The first-order valence-corrected chi connectivity index (χ1v) is 8.65. The lowest BCUT2D eigenvalue weighted by molar-refractivity contribution is 0.0730. The van der Waals surface area contributed by atoms with Crippen LogP contribution >= 0.6 is 15.9 Å². The van der Waals surface area contributed by atoms with Gasteiger partial charge in [-0.15, -0.1) is 5.10 Å². The maximum atomic E-state index is 12.9. The molecule has 0 N–H and O–H groups in total. The van der Waals surface area contributed by atoms with Gasteiger partial charge in [0.1, 0.15) is 5.56 Å². The highest BCUT2D eigenvalue weighted by Gasteiger charge is 2.26. The van der Waals surface area contributed by atoms with Crippen LogP contribution in [-0.4, -0.2) is 44.2 Å². The topological polar surface area (TPSA) is 73.1 Å². The molecule has 7 nitrogen and oxygen atoms in total. The molecule has 3 aromatic heterocycles. The van der Waals surface area contributed by atoms with Crippen LogP contribution in [0.15, 0.2) is 29.0 Å². The molecule has 4 rings (SSSR count). The fraction of sp³-hybridized carbons (Fsp3) is 0.294. The van der Waals surface area contributed by atoms with Gasteiger partial charge in [0.15, 0.2) is 5.65 Å². The van der Waals surface area contributed by atoms with Gasteiger partial charge in [-0.05, 0) is 33.6 Å². The first-order chi connectivity index (χ1) is 12.0. The molecule has 1 aliphatic heterocycles. The molecule has 0 saturated heterocycles. The quantitative estimate of drug-likeness (QED) is 0.658. The zero-order chi connectivity index (χ0) is 17.6. The molecule has 4 heterocycles. The Balaban J connectivity index is 1.66. The summed E-state index contributed by atoms with van der Waals surface area (Å²) in [5.41, 5.74) is 3.27. The van der Waals surface area contributed by atoms with Crippen LogP contribution < -0.4 is 4.74 Å². The molecule has 0 fully saturated rings. The summed E-state index contributed by atoms with van der Waals surface area (Å²) < 4.78 is 7.71. The van der Waals surface area contributed by atoms with E-state index in [4.69, 9.17) is 4.74 Å². The number of amides is 1. The fourth-order valence-corrected chi connectivity index (χ4v) is 3.46. The molecule has 128 valence electrons. The molecular formula is C17H16BrN5O2. The van der Waals surface area contributed by atoms with Crippen LogP contribution in [0.1, 0.15) is 21.6 Å². The van der Waals surface area contributed by atoms with Gasteiger partial charge in [0.2, 0.25) is 5.88 Å². The van der Waals surface area contributed by atoms with Crippen molar-refractivity contribution in [1.82, 2.24) is 24.6 Å². The van der Waals surface area contributed by atoms with Crippen LogP contribution in [-0.2, 0) is 20.0 Å². The highest BCUT2D eigenvalue weighted by Crippen LogP contribution is 2.26. The Morgan fingerprint density at radius 3 is 3.00 bits per heavy atom. The number of rotatable bonds is 2. The third-order valence-electron chi connectivity index (χ3n) is 4.29. The van der Waals surface area contributed by atoms with Crippen molar-refractivity contribution in [1.29, 1.82) is 0 Å². The highest BCUT2D eigenvalue weighted by molar-refractivity contribution is 9.10. The third kappa shape index (κ3) is 2.86. The van der Waals surface area contributed by atoms with Gasteiger partial charge >= 0.3 is 0 Å². The third-order valence-corrected chi connectivity index (χ3v) is 4.72. The second-order valence-electron chi connectivity index (χ2n) is 6.00. The summed E-state index contributed by atoms with van der Waals surface area (Å²) >= 11 is 3.43. The molecule has 0 saturated carbocycles. The van der Waals surface area contributed by atoms with Gasteiger partial charge in [0, 0.05) is 54.5 Å². The van der Waals surface area contributed by atoms with Crippen molar-refractivity contribution < 1.29 is 9.53 Å². The van der Waals surface area contributed by atoms with E-state index >= 15 is 0 Å². The predicted octanol–water partition coefficient (Wildman–Crippen LogP) is 2.33. The number of halogens is 1. The Bertz CT molecular complexity index is 985. The van der Waals surface area contributed by atoms with Crippen LogP contribution in [0.4, 0.5) is 0 Å². The van der Waals surface area contributed by atoms with Crippen molar-refractivity contribution in [3.05, 3.63) is 45.8 Å². The minimum atomic E-state index is -0.0805. The standard InChI is InChI=1S/C17H16BrN5O2/c1-22-9-13(16(21-22)25-2)17(24)23-4-3-14-11(8-23)5-10-6-12(18)7-19-15(10)20-14/h5-7,9H,3-4,8H2,1-2H3. The van der Waals surface area contributed by atoms with E-state index < -0.39 is 0 Å². The van der Waals surface area contributed by atoms with Crippen LogP contribution in [0.2, 0.25) is 0 Å². The van der Waals surface area contributed by atoms with Crippen molar-refractivity contribution in [2.45, 2.75) is 13.0 Å². The summed E-state index contributed by atoms with van der Waals surface area (Å²) in [4.78, 5) is 23.7. The molecule has 0 spiro atoms. The molecular weight excluding hydrogens is 386 g/mol. The van der Waals surface area contributed by atoms with Gasteiger partial charge in [-0.3, -0.25) is 9.48 Å². The van der Waals surface area contributed by atoms with Crippen molar-refractivity contribution >= 4 is 32.9 Å². The molecule has 1 amide bonds. The van der Waals surface area contributed by atoms with E-state index in [0.29, 0.717) is 31.0 Å². The van der Waals surface area contributed by atoms with E-state index in [0.717, 1.165) is 26.8 Å². The molecule has 0 radical (unpaired) electrons. The van der Waals surface area contributed by atoms with Crippen molar-refractivity contribution in [2.75, 3.05) is 13.7 Å². The number of aromatic nitrogens is 4. The largest absolute Gasteiger partial charge is 0.479 e. The molecule has 0 bridgehead atoms. The lowest BCUT2D eigenvalue weighted by Gasteiger charge is -2.28. The van der Waals surface area contributed by atoms with Gasteiger partial charge in [-0.2, -0.15) is 0 Å². The second-order valence-corrected chi connectivity index (χ2v) is 6.91. The van der Waals surface area contributed by atoms with Gasteiger partial charge in [-0.25, -0.2) is 9.97 Å². The Kier molecular flexibility index (Phi) is 3.91. The number of aryl methyl sites for hydroxylation is 1. The molecule has 0 aliphatic carbocycles. The summed E-state index contributed by atoms with van der Waals surface area (Å²) in [7, 11) is 3.29. The van der Waals surface area contributed by atoms with Crippen LogP contribution in [0.25, 0.3) is 11.0 Å². The average molecular weight is 402 g/mol. The van der Waals surface area contributed by atoms with E-state index in [1.807, 2.05) is 6.07 Å². The smallest absolute Gasteiger partial charge is 0.261 e. The summed E-state index contributed by atoms with van der Waals surface area (Å²) in [6, 6.07) is 4.05. The van der Waals surface area contributed by atoms with Gasteiger partial charge in [-0.1, -0.05) is 0 Å². The lowest BCUT2D eigenvalue weighted by Crippen LogP contribution is -2.36. The Morgan fingerprint density at radius 1 is 1.36 bits per heavy atom. The molecule has 0 aromatic carbocycles. The van der Waals surface area contributed by atoms with Crippen molar-refractivity contribution in [3.63, 3.8) is 0 Å². The number of carbonyl (C=O) groups is 1. The number of hydrogen-bond acceptors (Lipinski definition) is 5. The zero-order valence-corrected chi connectivity index (χ0v) is 15.4. The number of nitrogens with zero attached hydrogens (tertiary/aromatic N) is 5. The lowest BCUT2D eigenvalue weighted by atomic mass is 10.0. The molecule has 1 aliphatic rings. The second kappa shape index (κ2) is 6.11. The number of fused-ring (bicyclic) bond motifs is 2. The van der Waals surface area contributed by atoms with Crippen molar-refractivity contribution in [2.24, 2.45) is 7.05 Å². The molecule has 0 atom stereocenters. The summed E-state index contributed by atoms with van der Waals surface area (Å²) in [6.07, 6.45) is 4.14.